The maximum absolute atomic E-state index is 11.0. The number of methoxy groups -OCH3 is 1. The summed E-state index contributed by atoms with van der Waals surface area (Å²) in [5, 5.41) is 15.3. The van der Waals surface area contributed by atoms with E-state index < -0.39 is 10.2 Å². The van der Waals surface area contributed by atoms with Crippen molar-refractivity contribution in [3.8, 4) is 11.9 Å². The van der Waals surface area contributed by atoms with Gasteiger partial charge in [-0.15, -0.1) is 0 Å². The summed E-state index contributed by atoms with van der Waals surface area (Å²) in [6, 6.07) is 4.03. The number of aromatic nitrogens is 2. The molecule has 1 saturated heterocycles. The number of rotatable bonds is 6. The maximum atomic E-state index is 11.0. The van der Waals surface area contributed by atoms with Crippen LogP contribution in [0, 0.1) is 17.2 Å². The van der Waals surface area contributed by atoms with E-state index in [2.05, 4.69) is 25.7 Å². The Hall–Kier alpha value is -2.48. The van der Waals surface area contributed by atoms with Gasteiger partial charge in [0, 0.05) is 37.3 Å². The van der Waals surface area contributed by atoms with Gasteiger partial charge < -0.3 is 9.64 Å². The highest BCUT2D eigenvalue weighted by atomic mass is 32.2. The molecule has 144 valence electrons. The van der Waals surface area contributed by atoms with E-state index in [1.807, 2.05) is 0 Å². The summed E-state index contributed by atoms with van der Waals surface area (Å²) in [6.45, 7) is 1.89. The first-order chi connectivity index (χ1) is 12.9. The molecular formula is C17H22N6O3S. The highest BCUT2D eigenvalue weighted by Crippen LogP contribution is 2.34. The molecule has 27 heavy (non-hydrogen) atoms. The van der Waals surface area contributed by atoms with Gasteiger partial charge in [-0.05, 0) is 25.2 Å². The predicted octanol–water partition coefficient (Wildman–Crippen LogP) is 0.910. The third-order valence-corrected chi connectivity index (χ3v) is 5.42. The second kappa shape index (κ2) is 8.04. The molecule has 0 radical (unpaired) electrons. The summed E-state index contributed by atoms with van der Waals surface area (Å²) in [5.74, 6) is 0.884. The minimum Gasteiger partial charge on any atom is -0.481 e. The molecular weight excluding hydrogens is 368 g/mol. The summed E-state index contributed by atoms with van der Waals surface area (Å²) in [5.41, 5.74) is 2.08. The molecule has 3 N–H and O–H groups in total. The Kier molecular flexibility index (Phi) is 5.74. The molecule has 0 unspecified atom stereocenters. The second-order valence-electron chi connectivity index (χ2n) is 6.53. The van der Waals surface area contributed by atoms with E-state index in [0.717, 1.165) is 43.4 Å². The van der Waals surface area contributed by atoms with Gasteiger partial charge in [0.05, 0.1) is 30.1 Å². The van der Waals surface area contributed by atoms with Crippen LogP contribution >= 0.6 is 0 Å². The molecule has 10 heteroatoms. The van der Waals surface area contributed by atoms with Crippen LogP contribution in [0.5, 0.6) is 5.88 Å². The molecule has 2 aromatic rings. The first kappa shape index (κ1) is 19.3. The van der Waals surface area contributed by atoms with Gasteiger partial charge >= 0.3 is 0 Å². The molecule has 0 aromatic carbocycles. The van der Waals surface area contributed by atoms with Crippen LogP contribution in [-0.4, -0.2) is 45.1 Å². The van der Waals surface area contributed by atoms with Crippen LogP contribution in [0.2, 0.25) is 0 Å². The molecule has 0 saturated carbocycles. The van der Waals surface area contributed by atoms with Crippen molar-refractivity contribution in [2.75, 3.05) is 31.6 Å². The molecule has 0 amide bonds. The average molecular weight is 390 g/mol. The van der Waals surface area contributed by atoms with E-state index in [-0.39, 0.29) is 0 Å². The number of hydrogen-bond donors (Lipinski definition) is 2. The van der Waals surface area contributed by atoms with Crippen molar-refractivity contribution >= 4 is 26.8 Å². The van der Waals surface area contributed by atoms with Crippen molar-refractivity contribution in [1.29, 1.82) is 5.26 Å². The number of anilines is 1. The number of piperidine rings is 1. The van der Waals surface area contributed by atoms with E-state index in [4.69, 9.17) is 9.88 Å². The Balaban J connectivity index is 1.77. The average Bonchev–Trinajstić information content (AvgIpc) is 2.66. The van der Waals surface area contributed by atoms with Gasteiger partial charge in [-0.25, -0.2) is 14.8 Å². The molecule has 3 rings (SSSR count). The Morgan fingerprint density at radius 3 is 2.74 bits per heavy atom. The number of nitriles is 1. The van der Waals surface area contributed by atoms with E-state index >= 15 is 0 Å². The van der Waals surface area contributed by atoms with Crippen LogP contribution in [-0.2, 0) is 10.2 Å². The number of nitrogens with two attached hydrogens (primary N) is 1. The highest BCUT2D eigenvalue weighted by molar-refractivity contribution is 7.87. The summed E-state index contributed by atoms with van der Waals surface area (Å²) in [7, 11) is -2.09. The van der Waals surface area contributed by atoms with E-state index in [0.29, 0.717) is 29.4 Å². The number of nitrogens with one attached hydrogen (secondary N) is 1. The van der Waals surface area contributed by atoms with Gasteiger partial charge in [-0.3, -0.25) is 4.98 Å². The molecule has 1 fully saturated rings. The molecule has 0 spiro atoms. The topological polar surface area (TPSA) is 134 Å². The van der Waals surface area contributed by atoms with Crippen LogP contribution in [0.1, 0.15) is 24.8 Å². The van der Waals surface area contributed by atoms with Crippen molar-refractivity contribution in [3.05, 3.63) is 24.0 Å². The monoisotopic (exact) mass is 390 g/mol. The standard InChI is InChI=1S/C17H22N6O3S/c1-26-16-8-14-15(11-21-16)20-10-13(9-18)17(14)23-6-3-12(4-7-23)2-5-22-27(19,24)25/h8,10-12,22H,2-7H2,1H3,(H2,19,24,25). The lowest BCUT2D eigenvalue weighted by molar-refractivity contribution is 0.382. The van der Waals surface area contributed by atoms with Crippen molar-refractivity contribution in [2.45, 2.75) is 19.3 Å². The molecule has 1 aliphatic rings. The fraction of sp³-hybridized carbons (Fsp3) is 0.471. The lowest BCUT2D eigenvalue weighted by Crippen LogP contribution is -2.37. The minimum absolute atomic E-state index is 0.341. The molecule has 1 aliphatic heterocycles. The lowest BCUT2D eigenvalue weighted by Gasteiger charge is -2.34. The molecule has 2 aromatic heterocycles. The zero-order chi connectivity index (χ0) is 19.4. The zero-order valence-corrected chi connectivity index (χ0v) is 15.9. The van der Waals surface area contributed by atoms with Crippen molar-refractivity contribution in [1.82, 2.24) is 14.7 Å². The van der Waals surface area contributed by atoms with Crippen LogP contribution in [0.4, 0.5) is 5.69 Å². The fourth-order valence-electron chi connectivity index (χ4n) is 3.45. The van der Waals surface area contributed by atoms with Crippen LogP contribution in [0.15, 0.2) is 18.5 Å². The molecule has 0 atom stereocenters. The van der Waals surface area contributed by atoms with Gasteiger partial charge in [0.1, 0.15) is 6.07 Å². The Morgan fingerprint density at radius 1 is 1.37 bits per heavy atom. The number of pyridine rings is 2. The van der Waals surface area contributed by atoms with Crippen LogP contribution < -0.4 is 19.5 Å². The fourth-order valence-corrected chi connectivity index (χ4v) is 3.85. The third-order valence-electron chi connectivity index (χ3n) is 4.82. The number of fused-ring (bicyclic) bond motifs is 1. The Morgan fingerprint density at radius 2 is 2.11 bits per heavy atom. The second-order valence-corrected chi connectivity index (χ2v) is 7.91. The summed E-state index contributed by atoms with van der Waals surface area (Å²) in [6.07, 6.45) is 5.77. The number of ether oxygens (including phenoxy) is 1. The summed E-state index contributed by atoms with van der Waals surface area (Å²) < 4.78 is 29.5. The minimum atomic E-state index is -3.64. The highest BCUT2D eigenvalue weighted by Gasteiger charge is 2.23. The van der Waals surface area contributed by atoms with Gasteiger partial charge in [-0.1, -0.05) is 0 Å². The smallest absolute Gasteiger partial charge is 0.274 e. The van der Waals surface area contributed by atoms with Gasteiger partial charge in [0.25, 0.3) is 10.2 Å². The lowest BCUT2D eigenvalue weighted by atomic mass is 9.93. The summed E-state index contributed by atoms with van der Waals surface area (Å²) in [4.78, 5) is 10.7. The van der Waals surface area contributed by atoms with Gasteiger partial charge in [0.2, 0.25) is 5.88 Å². The molecule has 3 heterocycles. The quantitative estimate of drug-likeness (QED) is 0.748. The van der Waals surface area contributed by atoms with Crippen molar-refractivity contribution in [3.63, 3.8) is 0 Å². The van der Waals surface area contributed by atoms with E-state index in [9.17, 15) is 13.7 Å². The van der Waals surface area contributed by atoms with E-state index in [1.165, 1.54) is 0 Å². The van der Waals surface area contributed by atoms with Gasteiger partial charge in [-0.2, -0.15) is 13.7 Å². The van der Waals surface area contributed by atoms with Crippen LogP contribution in [0.25, 0.3) is 10.9 Å². The van der Waals surface area contributed by atoms with Gasteiger partial charge in [0.15, 0.2) is 0 Å². The zero-order valence-electron chi connectivity index (χ0n) is 15.1. The van der Waals surface area contributed by atoms with Crippen molar-refractivity contribution < 1.29 is 13.2 Å². The Bertz CT molecular complexity index is 965. The molecule has 0 aliphatic carbocycles. The number of nitrogens with zero attached hydrogens (tertiary/aromatic N) is 4. The predicted molar refractivity (Wildman–Crippen MR) is 101 cm³/mol. The normalized spacial score (nSPS) is 15.7. The van der Waals surface area contributed by atoms with Crippen molar-refractivity contribution in [2.24, 2.45) is 11.1 Å². The maximum Gasteiger partial charge on any atom is 0.274 e. The SMILES string of the molecule is COc1cc2c(N3CCC(CCNS(N)(=O)=O)CC3)c(C#N)cnc2cn1. The van der Waals surface area contributed by atoms with Crippen LogP contribution in [0.3, 0.4) is 0 Å². The first-order valence-electron chi connectivity index (χ1n) is 8.66. The van der Waals surface area contributed by atoms with E-state index in [1.54, 1.807) is 25.6 Å². The molecule has 9 nitrogen and oxygen atoms in total. The third kappa shape index (κ3) is 4.63. The molecule has 0 bridgehead atoms. The number of hydrogen-bond acceptors (Lipinski definition) is 7. The first-order valence-corrected chi connectivity index (χ1v) is 10.2. The Labute approximate surface area is 158 Å². The summed E-state index contributed by atoms with van der Waals surface area (Å²) >= 11 is 0. The largest absolute Gasteiger partial charge is 0.481 e.